The summed E-state index contributed by atoms with van der Waals surface area (Å²) in [6.45, 7) is 1.97. The van der Waals surface area contributed by atoms with Crippen molar-refractivity contribution < 1.29 is 4.79 Å². The summed E-state index contributed by atoms with van der Waals surface area (Å²) >= 11 is 5.94. The zero-order valence-electron chi connectivity index (χ0n) is 12.1. The molecule has 0 aliphatic heterocycles. The standard InChI is InChI=1S/C17H14ClN3O/c1-17(15-13-3-2-9-21(13)10-8-19-15)7-6-12-11(16(17)22)4-5-14(18)20-12/h2-5,8-10H,6-7H2,1H3. The van der Waals surface area contributed by atoms with Gasteiger partial charge >= 0.3 is 0 Å². The average molecular weight is 312 g/mol. The van der Waals surface area contributed by atoms with Gasteiger partial charge in [0.05, 0.1) is 22.3 Å². The molecule has 3 aromatic rings. The van der Waals surface area contributed by atoms with Crippen molar-refractivity contribution in [1.29, 1.82) is 0 Å². The summed E-state index contributed by atoms with van der Waals surface area (Å²) in [5.41, 5.74) is 2.61. The Morgan fingerprint density at radius 1 is 1.27 bits per heavy atom. The maximum atomic E-state index is 13.1. The Hall–Kier alpha value is -2.20. The third kappa shape index (κ3) is 1.80. The zero-order valence-corrected chi connectivity index (χ0v) is 12.8. The molecule has 0 amide bonds. The molecule has 110 valence electrons. The molecule has 1 atom stereocenters. The molecule has 0 spiro atoms. The van der Waals surface area contributed by atoms with Crippen LogP contribution in [-0.2, 0) is 11.8 Å². The number of carbonyl (C=O) groups excluding carboxylic acids is 1. The fraction of sp³-hybridized carbons (Fsp3) is 0.235. The largest absolute Gasteiger partial charge is 0.321 e. The van der Waals surface area contributed by atoms with Gasteiger partial charge in [0.1, 0.15) is 5.15 Å². The van der Waals surface area contributed by atoms with Gasteiger partial charge in [0.25, 0.3) is 0 Å². The first-order chi connectivity index (χ1) is 10.6. The van der Waals surface area contributed by atoms with Gasteiger partial charge in [0.2, 0.25) is 0 Å². The molecule has 0 bridgehead atoms. The van der Waals surface area contributed by atoms with E-state index < -0.39 is 5.41 Å². The van der Waals surface area contributed by atoms with Crippen LogP contribution >= 0.6 is 11.6 Å². The van der Waals surface area contributed by atoms with Gasteiger partial charge < -0.3 is 4.40 Å². The van der Waals surface area contributed by atoms with Crippen molar-refractivity contribution >= 4 is 22.9 Å². The Labute approximate surface area is 132 Å². The maximum absolute atomic E-state index is 13.1. The summed E-state index contributed by atoms with van der Waals surface area (Å²) in [6, 6.07) is 7.42. The van der Waals surface area contributed by atoms with E-state index in [1.807, 2.05) is 35.9 Å². The molecule has 4 rings (SSSR count). The van der Waals surface area contributed by atoms with Crippen LogP contribution in [0.5, 0.6) is 0 Å². The van der Waals surface area contributed by atoms with Gasteiger partial charge in [-0.2, -0.15) is 0 Å². The van der Waals surface area contributed by atoms with Gasteiger partial charge in [0, 0.05) is 24.2 Å². The maximum Gasteiger partial charge on any atom is 0.176 e. The van der Waals surface area contributed by atoms with Crippen LogP contribution in [0.3, 0.4) is 0 Å². The monoisotopic (exact) mass is 311 g/mol. The molecule has 0 radical (unpaired) electrons. The van der Waals surface area contributed by atoms with Crippen molar-refractivity contribution in [2.75, 3.05) is 0 Å². The lowest BCUT2D eigenvalue weighted by molar-refractivity contribution is 0.0871. The van der Waals surface area contributed by atoms with Crippen LogP contribution in [0.1, 0.15) is 35.1 Å². The van der Waals surface area contributed by atoms with Crippen molar-refractivity contribution in [3.05, 3.63) is 65.0 Å². The average Bonchev–Trinajstić information content (AvgIpc) is 2.99. The third-order valence-corrected chi connectivity index (χ3v) is 4.73. The summed E-state index contributed by atoms with van der Waals surface area (Å²) in [5.74, 6) is 0.0692. The fourth-order valence-corrected chi connectivity index (χ4v) is 3.44. The summed E-state index contributed by atoms with van der Waals surface area (Å²) in [6.07, 6.45) is 7.01. The van der Waals surface area contributed by atoms with Crippen LogP contribution in [0.4, 0.5) is 0 Å². The van der Waals surface area contributed by atoms with Gasteiger partial charge in [-0.1, -0.05) is 11.6 Å². The molecular formula is C17H14ClN3O. The smallest absolute Gasteiger partial charge is 0.176 e. The molecule has 5 heteroatoms. The number of carbonyl (C=O) groups is 1. The highest BCUT2D eigenvalue weighted by Gasteiger charge is 2.42. The molecule has 22 heavy (non-hydrogen) atoms. The topological polar surface area (TPSA) is 47.3 Å². The van der Waals surface area contributed by atoms with Gasteiger partial charge in [-0.15, -0.1) is 0 Å². The van der Waals surface area contributed by atoms with E-state index in [4.69, 9.17) is 11.6 Å². The molecule has 0 saturated carbocycles. The second kappa shape index (κ2) is 4.65. The first-order valence-corrected chi connectivity index (χ1v) is 7.60. The highest BCUT2D eigenvalue weighted by atomic mass is 35.5. The number of ketones is 1. The predicted octanol–water partition coefficient (Wildman–Crippen LogP) is 3.47. The Balaban J connectivity index is 1.90. The minimum atomic E-state index is -0.636. The molecule has 1 aliphatic rings. The summed E-state index contributed by atoms with van der Waals surface area (Å²) in [7, 11) is 0. The number of Topliss-reactive ketones (excluding diaryl/α,β-unsaturated/α-hetero) is 1. The highest BCUT2D eigenvalue weighted by molar-refractivity contribution is 6.29. The van der Waals surface area contributed by atoms with E-state index in [0.29, 0.717) is 17.1 Å². The Morgan fingerprint density at radius 3 is 3.00 bits per heavy atom. The molecule has 0 aromatic carbocycles. The number of pyridine rings is 1. The van der Waals surface area contributed by atoms with E-state index in [1.165, 1.54) is 0 Å². The van der Waals surface area contributed by atoms with Crippen LogP contribution in [0.25, 0.3) is 5.52 Å². The van der Waals surface area contributed by atoms with E-state index in [9.17, 15) is 4.79 Å². The Morgan fingerprint density at radius 2 is 2.14 bits per heavy atom. The van der Waals surface area contributed by atoms with Crippen LogP contribution in [0.2, 0.25) is 5.15 Å². The van der Waals surface area contributed by atoms with Gasteiger partial charge in [-0.25, -0.2) is 4.98 Å². The summed E-state index contributed by atoms with van der Waals surface area (Å²) in [5, 5.41) is 0.432. The SMILES string of the molecule is CC1(c2nccn3cccc23)CCc2nc(Cl)ccc2C1=O. The van der Waals surface area contributed by atoms with Crippen molar-refractivity contribution in [1.82, 2.24) is 14.4 Å². The number of aryl methyl sites for hydroxylation is 1. The lowest BCUT2D eigenvalue weighted by Crippen LogP contribution is -2.39. The van der Waals surface area contributed by atoms with Crippen LogP contribution in [0, 0.1) is 0 Å². The number of halogens is 1. The lowest BCUT2D eigenvalue weighted by Gasteiger charge is -2.32. The van der Waals surface area contributed by atoms with Gasteiger partial charge in [-0.05, 0) is 44.0 Å². The number of aromatic nitrogens is 3. The van der Waals surface area contributed by atoms with Gasteiger partial charge in [0.15, 0.2) is 5.78 Å². The number of nitrogens with zero attached hydrogens (tertiary/aromatic N) is 3. The molecule has 4 nitrogen and oxygen atoms in total. The van der Waals surface area contributed by atoms with E-state index in [1.54, 1.807) is 18.3 Å². The quantitative estimate of drug-likeness (QED) is 0.646. The second-order valence-corrected chi connectivity index (χ2v) is 6.25. The lowest BCUT2D eigenvalue weighted by atomic mass is 9.70. The Kier molecular flexibility index (Phi) is 2.84. The molecule has 0 N–H and O–H groups in total. The summed E-state index contributed by atoms with van der Waals surface area (Å²) < 4.78 is 2.00. The molecule has 0 fully saturated rings. The zero-order chi connectivity index (χ0) is 15.3. The molecule has 1 aliphatic carbocycles. The van der Waals surface area contributed by atoms with E-state index in [-0.39, 0.29) is 5.78 Å². The molecular weight excluding hydrogens is 298 g/mol. The normalized spacial score (nSPS) is 21.1. The molecule has 0 saturated heterocycles. The number of hydrogen-bond acceptors (Lipinski definition) is 3. The molecule has 3 heterocycles. The first kappa shape index (κ1) is 13.5. The fourth-order valence-electron chi connectivity index (χ4n) is 3.27. The van der Waals surface area contributed by atoms with Crippen molar-refractivity contribution in [2.24, 2.45) is 0 Å². The molecule has 3 aromatic heterocycles. The number of rotatable bonds is 1. The van der Waals surface area contributed by atoms with Crippen molar-refractivity contribution in [2.45, 2.75) is 25.2 Å². The predicted molar refractivity (Wildman–Crippen MR) is 84.4 cm³/mol. The Bertz CT molecular complexity index is 902. The van der Waals surface area contributed by atoms with Crippen molar-refractivity contribution in [3.63, 3.8) is 0 Å². The minimum absolute atomic E-state index is 0.0692. The van der Waals surface area contributed by atoms with Crippen molar-refractivity contribution in [3.8, 4) is 0 Å². The van der Waals surface area contributed by atoms with Crippen LogP contribution in [-0.4, -0.2) is 20.2 Å². The van der Waals surface area contributed by atoms with Crippen LogP contribution in [0.15, 0.2) is 42.9 Å². The molecule has 1 unspecified atom stereocenters. The van der Waals surface area contributed by atoms with Gasteiger partial charge in [-0.3, -0.25) is 9.78 Å². The third-order valence-electron chi connectivity index (χ3n) is 4.52. The van der Waals surface area contributed by atoms with E-state index >= 15 is 0 Å². The van der Waals surface area contributed by atoms with E-state index in [2.05, 4.69) is 9.97 Å². The summed E-state index contributed by atoms with van der Waals surface area (Å²) in [4.78, 5) is 21.9. The highest BCUT2D eigenvalue weighted by Crippen LogP contribution is 2.38. The minimum Gasteiger partial charge on any atom is -0.321 e. The van der Waals surface area contributed by atoms with Crippen LogP contribution < -0.4 is 0 Å². The number of fused-ring (bicyclic) bond motifs is 2. The number of hydrogen-bond donors (Lipinski definition) is 0. The first-order valence-electron chi connectivity index (χ1n) is 7.22. The second-order valence-electron chi connectivity index (χ2n) is 5.87. The van der Waals surface area contributed by atoms with E-state index in [0.717, 1.165) is 23.3 Å².